The fourth-order valence-electron chi connectivity index (χ4n) is 3.82. The number of sulfonamides is 1. The molecule has 0 bridgehead atoms. The van der Waals surface area contributed by atoms with Crippen molar-refractivity contribution < 1.29 is 22.7 Å². The van der Waals surface area contributed by atoms with Crippen molar-refractivity contribution in [3.63, 3.8) is 0 Å². The van der Waals surface area contributed by atoms with Crippen LogP contribution < -0.4 is 14.2 Å². The third-order valence-electron chi connectivity index (χ3n) is 5.75. The molecule has 1 saturated heterocycles. The monoisotopic (exact) mass is 439 g/mol. The van der Waals surface area contributed by atoms with Crippen molar-refractivity contribution in [3.05, 3.63) is 18.2 Å². The molecule has 0 spiro atoms. The van der Waals surface area contributed by atoms with Crippen molar-refractivity contribution in [2.75, 3.05) is 40.4 Å². The first-order chi connectivity index (χ1) is 14.2. The summed E-state index contributed by atoms with van der Waals surface area (Å²) in [5, 5.41) is 0. The highest BCUT2D eigenvalue weighted by molar-refractivity contribution is 7.89. The largest absolute Gasteiger partial charge is 0.490 e. The molecular formula is C21H33N3O5S. The van der Waals surface area contributed by atoms with Gasteiger partial charge in [0.25, 0.3) is 0 Å². The van der Waals surface area contributed by atoms with Gasteiger partial charge in [0.05, 0.1) is 18.1 Å². The summed E-state index contributed by atoms with van der Waals surface area (Å²) < 4.78 is 39.9. The number of rotatable bonds is 6. The molecular weight excluding hydrogens is 406 g/mol. The van der Waals surface area contributed by atoms with Crippen LogP contribution in [0.25, 0.3) is 0 Å². The fourth-order valence-corrected chi connectivity index (χ4v) is 5.17. The molecule has 168 valence electrons. The molecule has 0 radical (unpaired) electrons. The Morgan fingerprint density at radius 2 is 1.77 bits per heavy atom. The first kappa shape index (κ1) is 22.8. The number of nitrogens with zero attached hydrogens (tertiary/aromatic N) is 2. The number of benzene rings is 1. The lowest BCUT2D eigenvalue weighted by atomic mass is 10.00. The van der Waals surface area contributed by atoms with Crippen molar-refractivity contribution >= 4 is 15.9 Å². The summed E-state index contributed by atoms with van der Waals surface area (Å²) >= 11 is 0. The van der Waals surface area contributed by atoms with Crippen LogP contribution in [0.4, 0.5) is 0 Å². The summed E-state index contributed by atoms with van der Waals surface area (Å²) in [5.74, 6) is 0.597. The molecule has 30 heavy (non-hydrogen) atoms. The molecule has 2 aliphatic heterocycles. The number of ether oxygens (including phenoxy) is 2. The van der Waals surface area contributed by atoms with Crippen LogP contribution in [-0.2, 0) is 14.8 Å². The van der Waals surface area contributed by atoms with Crippen LogP contribution in [0.5, 0.6) is 11.5 Å². The van der Waals surface area contributed by atoms with E-state index in [4.69, 9.17) is 9.47 Å². The third-order valence-corrected chi connectivity index (χ3v) is 7.19. The van der Waals surface area contributed by atoms with E-state index in [1.54, 1.807) is 11.0 Å². The number of amides is 1. The summed E-state index contributed by atoms with van der Waals surface area (Å²) in [7, 11) is 0.189. The molecule has 1 aromatic rings. The van der Waals surface area contributed by atoms with Gasteiger partial charge in [0.2, 0.25) is 15.9 Å². The first-order valence-electron chi connectivity index (χ1n) is 10.6. The quantitative estimate of drug-likeness (QED) is 0.726. The van der Waals surface area contributed by atoms with E-state index in [0.717, 1.165) is 19.3 Å². The van der Waals surface area contributed by atoms with Crippen LogP contribution in [0.1, 0.15) is 33.1 Å². The Hall–Kier alpha value is -1.84. The molecule has 0 aliphatic carbocycles. The Morgan fingerprint density at radius 1 is 1.13 bits per heavy atom. The molecule has 2 aliphatic rings. The van der Waals surface area contributed by atoms with Crippen LogP contribution in [0.15, 0.2) is 23.1 Å². The molecule has 8 nitrogen and oxygen atoms in total. The van der Waals surface area contributed by atoms with Gasteiger partial charge in [-0.15, -0.1) is 0 Å². The summed E-state index contributed by atoms with van der Waals surface area (Å²) in [5.41, 5.74) is 0. The van der Waals surface area contributed by atoms with Crippen molar-refractivity contribution in [2.45, 2.75) is 50.1 Å². The maximum Gasteiger partial charge on any atom is 0.241 e. The topological polar surface area (TPSA) is 88.2 Å². The van der Waals surface area contributed by atoms with Crippen LogP contribution in [-0.4, -0.2) is 76.6 Å². The van der Waals surface area contributed by atoms with Gasteiger partial charge in [0.15, 0.2) is 11.5 Å². The summed E-state index contributed by atoms with van der Waals surface area (Å²) in [6.07, 6.45) is 2.51. The zero-order valence-electron chi connectivity index (χ0n) is 18.3. The van der Waals surface area contributed by atoms with Crippen molar-refractivity contribution in [2.24, 2.45) is 5.92 Å². The standard InChI is InChI=1S/C21H33N3O5S/c1-15(2)20(21(25)24-10-8-16(9-11-24)23(3)4)22-30(26,27)17-6-7-18-19(14-17)29-13-5-12-28-18/h6-7,14-16,20,22H,5,8-13H2,1-4H3. The maximum atomic E-state index is 13.1. The van der Waals surface area contributed by atoms with Gasteiger partial charge in [-0.25, -0.2) is 8.42 Å². The zero-order valence-corrected chi connectivity index (χ0v) is 19.1. The molecule has 1 amide bonds. The van der Waals surface area contributed by atoms with E-state index in [9.17, 15) is 13.2 Å². The molecule has 0 aromatic heterocycles. The van der Waals surface area contributed by atoms with Gasteiger partial charge in [0, 0.05) is 31.6 Å². The van der Waals surface area contributed by atoms with Crippen LogP contribution in [0.3, 0.4) is 0 Å². The van der Waals surface area contributed by atoms with Crippen molar-refractivity contribution in [1.82, 2.24) is 14.5 Å². The number of carbonyl (C=O) groups excluding carboxylic acids is 1. The number of likely N-dealkylation sites (tertiary alicyclic amines) is 1. The number of fused-ring (bicyclic) bond motifs is 1. The summed E-state index contributed by atoms with van der Waals surface area (Å²) in [6, 6.07) is 4.19. The van der Waals surface area contributed by atoms with Crippen LogP contribution in [0, 0.1) is 5.92 Å². The molecule has 9 heteroatoms. The Kier molecular flexibility index (Phi) is 7.26. The molecule has 1 fully saturated rings. The Morgan fingerprint density at radius 3 is 2.37 bits per heavy atom. The van der Waals surface area contributed by atoms with Gasteiger partial charge in [-0.3, -0.25) is 4.79 Å². The minimum absolute atomic E-state index is 0.0662. The molecule has 2 heterocycles. The van der Waals surface area contributed by atoms with E-state index in [-0.39, 0.29) is 16.7 Å². The Labute approximate surface area is 179 Å². The lowest BCUT2D eigenvalue weighted by Crippen LogP contribution is -2.54. The third kappa shape index (κ3) is 5.25. The van der Waals surface area contributed by atoms with E-state index in [1.807, 2.05) is 27.9 Å². The van der Waals surface area contributed by atoms with Gasteiger partial charge >= 0.3 is 0 Å². The normalized spacial score (nSPS) is 19.1. The SMILES string of the molecule is CC(C)C(NS(=O)(=O)c1ccc2c(c1)OCCCO2)C(=O)N1CCC(N(C)C)CC1. The first-order valence-corrected chi connectivity index (χ1v) is 12.0. The minimum Gasteiger partial charge on any atom is -0.490 e. The zero-order chi connectivity index (χ0) is 21.9. The maximum absolute atomic E-state index is 13.1. The number of nitrogens with one attached hydrogen (secondary N) is 1. The average molecular weight is 440 g/mol. The molecule has 3 rings (SSSR count). The molecule has 1 unspecified atom stereocenters. The van der Waals surface area contributed by atoms with Crippen molar-refractivity contribution in [1.29, 1.82) is 0 Å². The number of hydrogen-bond acceptors (Lipinski definition) is 6. The predicted molar refractivity (Wildman–Crippen MR) is 114 cm³/mol. The lowest BCUT2D eigenvalue weighted by Gasteiger charge is -2.37. The highest BCUT2D eigenvalue weighted by Crippen LogP contribution is 2.32. The van der Waals surface area contributed by atoms with Gasteiger partial charge in [-0.1, -0.05) is 13.8 Å². The molecule has 1 aromatic carbocycles. The van der Waals surface area contributed by atoms with E-state index in [1.165, 1.54) is 12.1 Å². The fraction of sp³-hybridized carbons (Fsp3) is 0.667. The van der Waals surface area contributed by atoms with Crippen LogP contribution in [0.2, 0.25) is 0 Å². The smallest absolute Gasteiger partial charge is 0.241 e. The van der Waals surface area contributed by atoms with Gasteiger partial charge in [0.1, 0.15) is 6.04 Å². The summed E-state index contributed by atoms with van der Waals surface area (Å²) in [4.78, 5) is 17.2. The second kappa shape index (κ2) is 9.53. The Balaban J connectivity index is 1.74. The van der Waals surface area contributed by atoms with E-state index in [2.05, 4.69) is 9.62 Å². The number of piperidine rings is 1. The molecule has 0 saturated carbocycles. The Bertz CT molecular complexity index is 848. The van der Waals surface area contributed by atoms with Gasteiger partial charge in [-0.2, -0.15) is 4.72 Å². The average Bonchev–Trinajstić information content (AvgIpc) is 2.96. The highest BCUT2D eigenvalue weighted by Gasteiger charge is 2.34. The number of hydrogen-bond donors (Lipinski definition) is 1. The van der Waals surface area contributed by atoms with Crippen LogP contribution >= 0.6 is 0 Å². The summed E-state index contributed by atoms with van der Waals surface area (Å²) in [6.45, 7) is 5.98. The van der Waals surface area contributed by atoms with Gasteiger partial charge in [-0.05, 0) is 45.0 Å². The van der Waals surface area contributed by atoms with Gasteiger partial charge < -0.3 is 19.3 Å². The van der Waals surface area contributed by atoms with E-state index < -0.39 is 16.1 Å². The highest BCUT2D eigenvalue weighted by atomic mass is 32.2. The molecule has 1 N–H and O–H groups in total. The number of carbonyl (C=O) groups is 1. The molecule has 1 atom stereocenters. The van der Waals surface area contributed by atoms with Crippen molar-refractivity contribution in [3.8, 4) is 11.5 Å². The second-order valence-corrected chi connectivity index (χ2v) is 10.2. The second-order valence-electron chi connectivity index (χ2n) is 8.52. The minimum atomic E-state index is -3.90. The predicted octanol–water partition coefficient (Wildman–Crippen LogP) is 1.70. The van der Waals surface area contributed by atoms with E-state index in [0.29, 0.717) is 43.8 Å². The lowest BCUT2D eigenvalue weighted by molar-refractivity contribution is -0.135. The van der Waals surface area contributed by atoms with E-state index >= 15 is 0 Å².